The summed E-state index contributed by atoms with van der Waals surface area (Å²) in [5.74, 6) is 0.388. The van der Waals surface area contributed by atoms with Crippen LogP contribution < -0.4 is 10.1 Å². The van der Waals surface area contributed by atoms with Gasteiger partial charge in [0, 0.05) is 18.7 Å². The largest absolute Gasteiger partial charge is 0.497 e. The molecular weight excluding hydrogens is 364 g/mol. The molecule has 1 aliphatic heterocycles. The Hall–Kier alpha value is -3.08. The Labute approximate surface area is 172 Å². The van der Waals surface area contributed by atoms with Crippen molar-refractivity contribution in [3.63, 3.8) is 0 Å². The van der Waals surface area contributed by atoms with E-state index in [0.29, 0.717) is 24.4 Å². The van der Waals surface area contributed by atoms with Crippen LogP contribution in [0.2, 0.25) is 0 Å². The fraction of sp³-hybridized carbons (Fsp3) is 0.333. The van der Waals surface area contributed by atoms with Crippen LogP contribution >= 0.6 is 0 Å². The summed E-state index contributed by atoms with van der Waals surface area (Å²) >= 11 is 0. The monoisotopic (exact) mass is 392 g/mol. The molecule has 2 aromatic rings. The third-order valence-electron chi connectivity index (χ3n) is 5.24. The summed E-state index contributed by atoms with van der Waals surface area (Å²) < 4.78 is 5.13. The van der Waals surface area contributed by atoms with E-state index in [1.165, 1.54) is 11.1 Å². The van der Waals surface area contributed by atoms with Crippen LogP contribution in [-0.2, 0) is 4.79 Å². The summed E-state index contributed by atoms with van der Waals surface area (Å²) in [4.78, 5) is 27.6. The fourth-order valence-corrected chi connectivity index (χ4v) is 3.46. The number of hydrogen-bond acceptors (Lipinski definition) is 3. The minimum absolute atomic E-state index is 0.0100. The highest BCUT2D eigenvalue weighted by molar-refractivity contribution is 5.97. The van der Waals surface area contributed by atoms with Crippen LogP contribution in [0.3, 0.4) is 0 Å². The highest BCUT2D eigenvalue weighted by Gasteiger charge is 2.29. The summed E-state index contributed by atoms with van der Waals surface area (Å²) in [5, 5.41) is 2.92. The van der Waals surface area contributed by atoms with Crippen LogP contribution in [0.15, 0.2) is 60.7 Å². The smallest absolute Gasteiger partial charge is 0.251 e. The zero-order chi connectivity index (χ0) is 20.8. The first-order valence-electron chi connectivity index (χ1n) is 9.97. The van der Waals surface area contributed by atoms with Crippen LogP contribution in [0, 0.1) is 5.92 Å². The molecule has 1 aliphatic rings. The van der Waals surface area contributed by atoms with Crippen molar-refractivity contribution < 1.29 is 14.3 Å². The van der Waals surface area contributed by atoms with E-state index >= 15 is 0 Å². The predicted octanol–water partition coefficient (Wildman–Crippen LogP) is 3.77. The highest BCUT2D eigenvalue weighted by Crippen LogP contribution is 2.23. The third kappa shape index (κ3) is 5.05. The molecule has 1 atom stereocenters. The molecule has 0 aliphatic carbocycles. The number of rotatable bonds is 6. The van der Waals surface area contributed by atoms with Gasteiger partial charge in [0.25, 0.3) is 5.91 Å². The van der Waals surface area contributed by atoms with Gasteiger partial charge in [-0.1, -0.05) is 50.3 Å². The topological polar surface area (TPSA) is 58.6 Å². The molecule has 2 aromatic carbocycles. The molecule has 0 spiro atoms. The van der Waals surface area contributed by atoms with Gasteiger partial charge < -0.3 is 15.0 Å². The number of nitrogens with one attached hydrogen (secondary N) is 1. The Kier molecular flexibility index (Phi) is 6.70. The predicted molar refractivity (Wildman–Crippen MR) is 115 cm³/mol. The zero-order valence-corrected chi connectivity index (χ0v) is 17.2. The first-order chi connectivity index (χ1) is 14.0. The summed E-state index contributed by atoms with van der Waals surface area (Å²) in [6.45, 7) is 5.12. The van der Waals surface area contributed by atoms with Crippen LogP contribution in [0.4, 0.5) is 0 Å². The molecule has 0 saturated carbocycles. The molecule has 1 unspecified atom stereocenters. The molecule has 1 heterocycles. The minimum atomic E-state index is -0.559. The van der Waals surface area contributed by atoms with Crippen molar-refractivity contribution in [3.8, 4) is 5.75 Å². The zero-order valence-electron chi connectivity index (χ0n) is 17.2. The van der Waals surface area contributed by atoms with Gasteiger partial charge in [-0.05, 0) is 47.7 Å². The number of hydrogen-bond donors (Lipinski definition) is 1. The second-order valence-electron chi connectivity index (χ2n) is 7.55. The lowest BCUT2D eigenvalue weighted by Gasteiger charge is -2.32. The molecule has 0 bridgehead atoms. The number of carbonyl (C=O) groups is 2. The molecular formula is C24H28N2O3. The van der Waals surface area contributed by atoms with Gasteiger partial charge in [-0.25, -0.2) is 0 Å². The van der Waals surface area contributed by atoms with Crippen molar-refractivity contribution in [2.75, 3.05) is 20.2 Å². The second-order valence-corrected chi connectivity index (χ2v) is 7.55. The van der Waals surface area contributed by atoms with E-state index < -0.39 is 6.04 Å². The van der Waals surface area contributed by atoms with Crippen molar-refractivity contribution in [3.05, 3.63) is 71.8 Å². The van der Waals surface area contributed by atoms with E-state index in [1.807, 2.05) is 36.9 Å². The Morgan fingerprint density at radius 3 is 2.28 bits per heavy atom. The first-order valence-corrected chi connectivity index (χ1v) is 9.97. The Morgan fingerprint density at radius 1 is 1.03 bits per heavy atom. The normalized spacial score (nSPS) is 14.9. The highest BCUT2D eigenvalue weighted by atomic mass is 16.5. The van der Waals surface area contributed by atoms with Gasteiger partial charge >= 0.3 is 0 Å². The van der Waals surface area contributed by atoms with E-state index in [2.05, 4.69) is 23.5 Å². The first kappa shape index (κ1) is 20.6. The number of carbonyl (C=O) groups excluding carboxylic acids is 2. The fourth-order valence-electron chi connectivity index (χ4n) is 3.46. The molecule has 0 saturated heterocycles. The van der Waals surface area contributed by atoms with Crippen LogP contribution in [0.5, 0.6) is 5.75 Å². The Morgan fingerprint density at radius 2 is 1.72 bits per heavy atom. The maximum atomic E-state index is 13.1. The van der Waals surface area contributed by atoms with E-state index in [4.69, 9.17) is 4.74 Å². The molecule has 0 radical (unpaired) electrons. The maximum Gasteiger partial charge on any atom is 0.251 e. The van der Waals surface area contributed by atoms with Crippen molar-refractivity contribution >= 4 is 17.4 Å². The van der Waals surface area contributed by atoms with Crippen molar-refractivity contribution in [1.29, 1.82) is 0 Å². The Balaban J connectivity index is 1.66. The average Bonchev–Trinajstić information content (AvgIpc) is 2.77. The van der Waals surface area contributed by atoms with Crippen LogP contribution in [0.25, 0.3) is 5.57 Å². The minimum Gasteiger partial charge on any atom is -0.497 e. The van der Waals surface area contributed by atoms with E-state index in [1.54, 1.807) is 31.4 Å². The van der Waals surface area contributed by atoms with Gasteiger partial charge in [0.15, 0.2) is 0 Å². The second kappa shape index (κ2) is 9.41. The summed E-state index contributed by atoms with van der Waals surface area (Å²) in [6, 6.07) is 16.6. The number of nitrogens with zero attached hydrogens (tertiary/aromatic N) is 1. The van der Waals surface area contributed by atoms with Crippen LogP contribution in [-0.4, -0.2) is 43.0 Å². The maximum absolute atomic E-state index is 13.1. The lowest BCUT2D eigenvalue weighted by molar-refractivity contribution is -0.133. The van der Waals surface area contributed by atoms with Gasteiger partial charge in [0.05, 0.1) is 7.11 Å². The molecule has 29 heavy (non-hydrogen) atoms. The van der Waals surface area contributed by atoms with Gasteiger partial charge in [-0.15, -0.1) is 0 Å². The molecule has 5 nitrogen and oxygen atoms in total. The van der Waals surface area contributed by atoms with Crippen molar-refractivity contribution in [2.45, 2.75) is 26.3 Å². The van der Waals surface area contributed by atoms with Crippen molar-refractivity contribution in [2.24, 2.45) is 5.92 Å². The SMILES string of the molecule is COc1ccc(C(=O)NC(C(=O)N2CC=C(c3ccccc3)CC2)C(C)C)cc1. The van der Waals surface area contributed by atoms with E-state index in [-0.39, 0.29) is 17.7 Å². The number of ether oxygens (including phenoxy) is 1. The van der Waals surface area contributed by atoms with Gasteiger partial charge in [0.1, 0.15) is 11.8 Å². The average molecular weight is 392 g/mol. The molecule has 3 rings (SSSR count). The molecule has 0 aromatic heterocycles. The summed E-state index contributed by atoms with van der Waals surface area (Å²) in [6.07, 6.45) is 2.92. The van der Waals surface area contributed by atoms with E-state index in [0.717, 1.165) is 6.42 Å². The summed E-state index contributed by atoms with van der Waals surface area (Å²) in [5.41, 5.74) is 2.97. The summed E-state index contributed by atoms with van der Waals surface area (Å²) in [7, 11) is 1.58. The van der Waals surface area contributed by atoms with Crippen molar-refractivity contribution in [1.82, 2.24) is 10.2 Å². The molecule has 152 valence electrons. The van der Waals surface area contributed by atoms with Crippen LogP contribution in [0.1, 0.15) is 36.2 Å². The van der Waals surface area contributed by atoms with Gasteiger partial charge in [0.2, 0.25) is 5.91 Å². The molecule has 0 fully saturated rings. The number of benzene rings is 2. The molecule has 1 N–H and O–H groups in total. The molecule has 5 heteroatoms. The molecule has 2 amide bonds. The standard InChI is InChI=1S/C24H28N2O3/c1-17(2)22(25-23(27)20-9-11-21(29-3)12-10-20)24(28)26-15-13-19(14-16-26)18-7-5-4-6-8-18/h4-13,17,22H,14-16H2,1-3H3,(H,25,27). The van der Waals surface area contributed by atoms with Gasteiger partial charge in [-0.2, -0.15) is 0 Å². The number of amides is 2. The van der Waals surface area contributed by atoms with E-state index in [9.17, 15) is 9.59 Å². The quantitative estimate of drug-likeness (QED) is 0.814. The number of methoxy groups -OCH3 is 1. The third-order valence-corrected chi connectivity index (χ3v) is 5.24. The lowest BCUT2D eigenvalue weighted by atomic mass is 9.97. The van der Waals surface area contributed by atoms with Gasteiger partial charge in [-0.3, -0.25) is 9.59 Å². The Bertz CT molecular complexity index is 873. The lowest BCUT2D eigenvalue weighted by Crippen LogP contribution is -2.52.